The number of carbonyl (C=O) groups is 2. The molecule has 2 heterocycles. The van der Waals surface area contributed by atoms with Crippen molar-refractivity contribution in [1.29, 1.82) is 0 Å². The van der Waals surface area contributed by atoms with Crippen molar-refractivity contribution in [2.75, 3.05) is 13.1 Å². The van der Waals surface area contributed by atoms with Crippen LogP contribution >= 0.6 is 0 Å². The number of aromatic nitrogens is 2. The first-order chi connectivity index (χ1) is 9.16. The lowest BCUT2D eigenvalue weighted by molar-refractivity contribution is -0.145. The predicted octanol–water partition coefficient (Wildman–Crippen LogP) is 0.986. The van der Waals surface area contributed by atoms with Crippen molar-refractivity contribution in [3.8, 4) is 0 Å². The molecule has 104 valence electrons. The van der Waals surface area contributed by atoms with E-state index in [1.807, 2.05) is 16.9 Å². The molecule has 1 N–H and O–H groups in total. The Balaban J connectivity index is 1.68. The smallest absolute Gasteiger partial charge is 0.306 e. The fourth-order valence-electron chi connectivity index (χ4n) is 2.36. The second-order valence-electron chi connectivity index (χ2n) is 4.87. The van der Waals surface area contributed by atoms with Gasteiger partial charge in [-0.25, -0.2) is 0 Å². The summed E-state index contributed by atoms with van der Waals surface area (Å²) in [6.07, 6.45) is 6.00. The van der Waals surface area contributed by atoms with E-state index in [9.17, 15) is 9.59 Å². The zero-order chi connectivity index (χ0) is 13.7. The Bertz CT molecular complexity index is 422. The van der Waals surface area contributed by atoms with Gasteiger partial charge in [-0.2, -0.15) is 5.10 Å². The van der Waals surface area contributed by atoms with Crippen LogP contribution in [0.1, 0.15) is 25.7 Å². The number of nitrogens with zero attached hydrogens (tertiary/aromatic N) is 3. The van der Waals surface area contributed by atoms with E-state index < -0.39 is 5.97 Å². The van der Waals surface area contributed by atoms with Gasteiger partial charge in [0, 0.05) is 38.4 Å². The number of carboxylic acids is 1. The lowest BCUT2D eigenvalue weighted by Gasteiger charge is -2.30. The van der Waals surface area contributed by atoms with Crippen molar-refractivity contribution >= 4 is 11.9 Å². The van der Waals surface area contributed by atoms with E-state index in [1.54, 1.807) is 11.1 Å². The number of rotatable bonds is 5. The minimum Gasteiger partial charge on any atom is -0.481 e. The third kappa shape index (κ3) is 3.81. The number of amides is 1. The summed E-state index contributed by atoms with van der Waals surface area (Å²) in [4.78, 5) is 24.6. The zero-order valence-electron chi connectivity index (χ0n) is 10.9. The normalized spacial score (nSPS) is 16.5. The van der Waals surface area contributed by atoms with Gasteiger partial charge in [0.25, 0.3) is 0 Å². The monoisotopic (exact) mass is 265 g/mol. The maximum absolute atomic E-state index is 12.0. The number of hydrogen-bond acceptors (Lipinski definition) is 3. The molecule has 1 aromatic heterocycles. The average molecular weight is 265 g/mol. The third-order valence-electron chi connectivity index (χ3n) is 3.53. The molecule has 1 aliphatic heterocycles. The van der Waals surface area contributed by atoms with Crippen LogP contribution in [0.25, 0.3) is 0 Å². The number of carboxylic acid groups (broad SMARTS) is 1. The standard InChI is InChI=1S/C13H19N3O3/c17-12(3-1-7-16-8-2-6-14-16)15-9-4-11(5-10-15)13(18)19/h2,6,8,11H,1,3-5,7,9-10H2,(H,18,19). The number of hydrogen-bond donors (Lipinski definition) is 1. The maximum atomic E-state index is 12.0. The van der Waals surface area contributed by atoms with Gasteiger partial charge in [-0.15, -0.1) is 0 Å². The van der Waals surface area contributed by atoms with Crippen molar-refractivity contribution in [3.05, 3.63) is 18.5 Å². The Hall–Kier alpha value is -1.85. The van der Waals surface area contributed by atoms with E-state index in [-0.39, 0.29) is 11.8 Å². The SMILES string of the molecule is O=C(O)C1CCN(C(=O)CCCn2cccn2)CC1. The molecule has 1 aromatic rings. The predicted molar refractivity (Wildman–Crippen MR) is 68.4 cm³/mol. The lowest BCUT2D eigenvalue weighted by atomic mass is 9.97. The minimum absolute atomic E-state index is 0.121. The molecular formula is C13H19N3O3. The van der Waals surface area contributed by atoms with Crippen LogP contribution in [-0.4, -0.2) is 44.8 Å². The van der Waals surface area contributed by atoms with Gasteiger partial charge in [0.1, 0.15) is 0 Å². The van der Waals surface area contributed by atoms with E-state index in [4.69, 9.17) is 5.11 Å². The molecule has 1 amide bonds. The number of aryl methyl sites for hydroxylation is 1. The Labute approximate surface area is 112 Å². The summed E-state index contributed by atoms with van der Waals surface area (Å²) >= 11 is 0. The molecule has 0 atom stereocenters. The molecule has 0 spiro atoms. The molecule has 1 saturated heterocycles. The molecule has 2 rings (SSSR count). The topological polar surface area (TPSA) is 75.4 Å². The molecule has 19 heavy (non-hydrogen) atoms. The first-order valence-corrected chi connectivity index (χ1v) is 6.65. The largest absolute Gasteiger partial charge is 0.481 e. The van der Waals surface area contributed by atoms with Gasteiger partial charge in [-0.1, -0.05) is 0 Å². The summed E-state index contributed by atoms with van der Waals surface area (Å²) in [5.74, 6) is -0.907. The molecule has 0 aliphatic carbocycles. The van der Waals surface area contributed by atoms with Gasteiger partial charge in [0.05, 0.1) is 5.92 Å². The Morgan fingerprint density at radius 2 is 2.05 bits per heavy atom. The molecule has 0 bridgehead atoms. The molecule has 1 fully saturated rings. The Morgan fingerprint density at radius 1 is 1.32 bits per heavy atom. The van der Waals surface area contributed by atoms with Crippen molar-refractivity contribution < 1.29 is 14.7 Å². The molecule has 6 heteroatoms. The minimum atomic E-state index is -0.745. The summed E-state index contributed by atoms with van der Waals surface area (Å²) < 4.78 is 1.81. The molecule has 0 radical (unpaired) electrons. The maximum Gasteiger partial charge on any atom is 0.306 e. The van der Waals surface area contributed by atoms with Crippen molar-refractivity contribution in [3.63, 3.8) is 0 Å². The van der Waals surface area contributed by atoms with Gasteiger partial charge in [0.15, 0.2) is 0 Å². The molecule has 0 aromatic carbocycles. The van der Waals surface area contributed by atoms with Crippen LogP contribution in [0, 0.1) is 5.92 Å². The van der Waals surface area contributed by atoms with E-state index in [0.717, 1.165) is 13.0 Å². The summed E-state index contributed by atoms with van der Waals surface area (Å²) in [6, 6.07) is 1.86. The van der Waals surface area contributed by atoms with Crippen LogP contribution < -0.4 is 0 Å². The fourth-order valence-corrected chi connectivity index (χ4v) is 2.36. The van der Waals surface area contributed by atoms with Crippen LogP contribution in [0.3, 0.4) is 0 Å². The second-order valence-corrected chi connectivity index (χ2v) is 4.87. The number of aliphatic carboxylic acids is 1. The summed E-state index contributed by atoms with van der Waals surface area (Å²) in [6.45, 7) is 1.87. The van der Waals surface area contributed by atoms with Crippen LogP contribution in [0.15, 0.2) is 18.5 Å². The van der Waals surface area contributed by atoms with Crippen LogP contribution in [0.4, 0.5) is 0 Å². The van der Waals surface area contributed by atoms with E-state index in [0.29, 0.717) is 32.4 Å². The molecular weight excluding hydrogens is 246 g/mol. The quantitative estimate of drug-likeness (QED) is 0.861. The average Bonchev–Trinajstić information content (AvgIpc) is 2.92. The van der Waals surface area contributed by atoms with Crippen molar-refractivity contribution in [2.45, 2.75) is 32.2 Å². The molecule has 0 saturated carbocycles. The number of piperidine rings is 1. The zero-order valence-corrected chi connectivity index (χ0v) is 10.9. The van der Waals surface area contributed by atoms with Crippen molar-refractivity contribution in [1.82, 2.24) is 14.7 Å². The van der Waals surface area contributed by atoms with E-state index in [1.165, 1.54) is 0 Å². The number of likely N-dealkylation sites (tertiary alicyclic amines) is 1. The number of carbonyl (C=O) groups excluding carboxylic acids is 1. The summed E-state index contributed by atoms with van der Waals surface area (Å²) in [7, 11) is 0. The van der Waals surface area contributed by atoms with E-state index in [2.05, 4.69) is 5.10 Å². The first kappa shape index (κ1) is 13.6. The highest BCUT2D eigenvalue weighted by Crippen LogP contribution is 2.18. The third-order valence-corrected chi connectivity index (χ3v) is 3.53. The van der Waals surface area contributed by atoms with Crippen LogP contribution in [0.2, 0.25) is 0 Å². The second kappa shape index (κ2) is 6.36. The van der Waals surface area contributed by atoms with Gasteiger partial charge in [-0.05, 0) is 25.3 Å². The molecule has 1 aliphatic rings. The Kier molecular flexibility index (Phi) is 4.54. The fraction of sp³-hybridized carbons (Fsp3) is 0.615. The summed E-state index contributed by atoms with van der Waals surface area (Å²) in [5, 5.41) is 13.0. The van der Waals surface area contributed by atoms with Crippen LogP contribution in [-0.2, 0) is 16.1 Å². The highest BCUT2D eigenvalue weighted by Gasteiger charge is 2.26. The highest BCUT2D eigenvalue weighted by molar-refractivity contribution is 5.77. The Morgan fingerprint density at radius 3 is 2.63 bits per heavy atom. The van der Waals surface area contributed by atoms with Crippen molar-refractivity contribution in [2.24, 2.45) is 5.92 Å². The van der Waals surface area contributed by atoms with Gasteiger partial charge < -0.3 is 10.0 Å². The lowest BCUT2D eigenvalue weighted by Crippen LogP contribution is -2.40. The first-order valence-electron chi connectivity index (χ1n) is 6.65. The highest BCUT2D eigenvalue weighted by atomic mass is 16.4. The molecule has 0 unspecified atom stereocenters. The van der Waals surface area contributed by atoms with Gasteiger partial charge >= 0.3 is 5.97 Å². The van der Waals surface area contributed by atoms with Gasteiger partial charge in [-0.3, -0.25) is 14.3 Å². The summed E-state index contributed by atoms with van der Waals surface area (Å²) in [5.41, 5.74) is 0. The van der Waals surface area contributed by atoms with Crippen LogP contribution in [0.5, 0.6) is 0 Å². The molecule has 6 nitrogen and oxygen atoms in total. The van der Waals surface area contributed by atoms with Gasteiger partial charge in [0.2, 0.25) is 5.91 Å². The van der Waals surface area contributed by atoms with E-state index >= 15 is 0 Å².